The Kier molecular flexibility index (Phi) is 3.22. The van der Waals surface area contributed by atoms with Crippen molar-refractivity contribution >= 4 is 22.9 Å². The number of thiophene rings is 1. The van der Waals surface area contributed by atoms with Crippen molar-refractivity contribution in [2.75, 3.05) is 0 Å². The summed E-state index contributed by atoms with van der Waals surface area (Å²) in [7, 11) is 0. The highest BCUT2D eigenvalue weighted by atomic mass is 35.5. The van der Waals surface area contributed by atoms with Crippen molar-refractivity contribution in [1.29, 1.82) is 0 Å². The molecule has 2 unspecified atom stereocenters. The van der Waals surface area contributed by atoms with Crippen LogP contribution in [0.15, 0.2) is 12.1 Å². The molecule has 1 aromatic heterocycles. The summed E-state index contributed by atoms with van der Waals surface area (Å²) in [6, 6.07) is 4.13. The Bertz CT molecular complexity index is 399. The van der Waals surface area contributed by atoms with Gasteiger partial charge >= 0.3 is 0 Å². The van der Waals surface area contributed by atoms with Crippen LogP contribution in [0.2, 0.25) is 4.34 Å². The summed E-state index contributed by atoms with van der Waals surface area (Å²) in [6.45, 7) is 0. The lowest BCUT2D eigenvalue weighted by molar-refractivity contribution is 0.205. The highest BCUT2D eigenvalue weighted by Crippen LogP contribution is 2.46. The van der Waals surface area contributed by atoms with E-state index < -0.39 is 0 Å². The Morgan fingerprint density at radius 1 is 1.29 bits per heavy atom. The molecule has 2 aliphatic carbocycles. The first-order valence-electron chi connectivity index (χ1n) is 6.68. The molecule has 3 heteroatoms. The molecule has 0 bridgehead atoms. The Morgan fingerprint density at radius 2 is 2.12 bits per heavy atom. The molecule has 2 N–H and O–H groups in total. The minimum Gasteiger partial charge on any atom is -0.325 e. The van der Waals surface area contributed by atoms with Gasteiger partial charge in [0.15, 0.2) is 0 Å². The molecule has 17 heavy (non-hydrogen) atoms. The number of hydrogen-bond donors (Lipinski definition) is 1. The average molecular weight is 270 g/mol. The fourth-order valence-electron chi connectivity index (χ4n) is 3.37. The smallest absolute Gasteiger partial charge is 0.0931 e. The molecule has 2 atom stereocenters. The van der Waals surface area contributed by atoms with E-state index >= 15 is 0 Å². The van der Waals surface area contributed by atoms with Gasteiger partial charge in [-0.05, 0) is 56.1 Å². The van der Waals surface area contributed by atoms with E-state index in [9.17, 15) is 0 Å². The van der Waals surface area contributed by atoms with Gasteiger partial charge in [0, 0.05) is 10.4 Å². The summed E-state index contributed by atoms with van der Waals surface area (Å²) in [6.07, 6.45) is 9.06. The zero-order valence-corrected chi connectivity index (χ0v) is 11.7. The molecule has 2 aliphatic rings. The number of hydrogen-bond acceptors (Lipinski definition) is 2. The molecule has 2 fully saturated rings. The molecular formula is C14H20ClNS. The second-order valence-electron chi connectivity index (χ2n) is 5.94. The van der Waals surface area contributed by atoms with Crippen LogP contribution in [0, 0.1) is 11.8 Å². The predicted molar refractivity (Wildman–Crippen MR) is 74.6 cm³/mol. The lowest BCUT2D eigenvalue weighted by Gasteiger charge is -2.38. The van der Waals surface area contributed by atoms with Gasteiger partial charge in [-0.15, -0.1) is 11.3 Å². The van der Waals surface area contributed by atoms with E-state index in [0.29, 0.717) is 0 Å². The topological polar surface area (TPSA) is 26.0 Å². The summed E-state index contributed by atoms with van der Waals surface area (Å²) in [4.78, 5) is 1.36. The monoisotopic (exact) mass is 269 g/mol. The van der Waals surface area contributed by atoms with E-state index in [0.717, 1.165) is 22.6 Å². The van der Waals surface area contributed by atoms with Gasteiger partial charge in [0.05, 0.1) is 4.34 Å². The largest absolute Gasteiger partial charge is 0.325 e. The standard InChI is InChI=1S/C14H20ClNS/c15-13-6-5-12(17-13)9-14(16)7-1-2-11(8-14)10-3-4-10/h5-6,10-11H,1-4,7-9,16H2. The fourth-order valence-corrected chi connectivity index (χ4v) is 4.61. The molecule has 1 nitrogen and oxygen atoms in total. The summed E-state index contributed by atoms with van der Waals surface area (Å²) >= 11 is 7.68. The maximum absolute atomic E-state index is 6.62. The van der Waals surface area contributed by atoms with Crippen molar-refractivity contribution in [2.45, 2.75) is 50.5 Å². The summed E-state index contributed by atoms with van der Waals surface area (Å²) in [5.41, 5.74) is 6.66. The number of nitrogens with two attached hydrogens (primary N) is 1. The van der Waals surface area contributed by atoms with Crippen molar-refractivity contribution in [2.24, 2.45) is 17.6 Å². The van der Waals surface area contributed by atoms with Gasteiger partial charge in [0.1, 0.15) is 0 Å². The third-order valence-corrected chi connectivity index (χ3v) is 5.59. The maximum atomic E-state index is 6.62. The molecular weight excluding hydrogens is 250 g/mol. The van der Waals surface area contributed by atoms with Crippen LogP contribution in [0.5, 0.6) is 0 Å². The van der Waals surface area contributed by atoms with Crippen molar-refractivity contribution < 1.29 is 0 Å². The van der Waals surface area contributed by atoms with Gasteiger partial charge in [0.25, 0.3) is 0 Å². The highest BCUT2D eigenvalue weighted by molar-refractivity contribution is 7.16. The Hall–Kier alpha value is -0.0500. The number of halogens is 1. The van der Waals surface area contributed by atoms with E-state index in [2.05, 4.69) is 6.07 Å². The quantitative estimate of drug-likeness (QED) is 0.873. The van der Waals surface area contributed by atoms with E-state index in [1.165, 1.54) is 43.4 Å². The van der Waals surface area contributed by atoms with Gasteiger partial charge in [-0.25, -0.2) is 0 Å². The van der Waals surface area contributed by atoms with Gasteiger partial charge in [-0.3, -0.25) is 0 Å². The summed E-state index contributed by atoms with van der Waals surface area (Å²) in [5.74, 6) is 1.91. The van der Waals surface area contributed by atoms with Gasteiger partial charge < -0.3 is 5.73 Å². The van der Waals surface area contributed by atoms with Crippen LogP contribution >= 0.6 is 22.9 Å². The van der Waals surface area contributed by atoms with Crippen LogP contribution in [0.3, 0.4) is 0 Å². The zero-order chi connectivity index (χ0) is 11.9. The van der Waals surface area contributed by atoms with E-state index in [4.69, 9.17) is 17.3 Å². The van der Waals surface area contributed by atoms with Crippen LogP contribution in [0.25, 0.3) is 0 Å². The minimum absolute atomic E-state index is 0.0414. The Labute approximate surface area is 112 Å². The van der Waals surface area contributed by atoms with E-state index in [1.807, 2.05) is 6.07 Å². The predicted octanol–water partition coefficient (Wildman–Crippen LogP) is 4.24. The Morgan fingerprint density at radius 3 is 2.76 bits per heavy atom. The van der Waals surface area contributed by atoms with Crippen molar-refractivity contribution in [1.82, 2.24) is 0 Å². The van der Waals surface area contributed by atoms with Gasteiger partial charge in [-0.1, -0.05) is 24.4 Å². The first-order valence-corrected chi connectivity index (χ1v) is 7.87. The first-order chi connectivity index (χ1) is 8.15. The molecule has 3 rings (SSSR count). The van der Waals surface area contributed by atoms with Gasteiger partial charge in [0.2, 0.25) is 0 Å². The van der Waals surface area contributed by atoms with Gasteiger partial charge in [-0.2, -0.15) is 0 Å². The molecule has 1 heterocycles. The molecule has 0 amide bonds. The summed E-state index contributed by atoms with van der Waals surface area (Å²) in [5, 5.41) is 0. The molecule has 0 radical (unpaired) electrons. The molecule has 2 saturated carbocycles. The second kappa shape index (κ2) is 4.56. The average Bonchev–Trinajstić information content (AvgIpc) is 3.04. The van der Waals surface area contributed by atoms with E-state index in [-0.39, 0.29) is 5.54 Å². The third-order valence-electron chi connectivity index (χ3n) is 4.36. The van der Waals surface area contributed by atoms with Crippen LogP contribution in [-0.2, 0) is 6.42 Å². The lowest BCUT2D eigenvalue weighted by atomic mass is 9.72. The lowest BCUT2D eigenvalue weighted by Crippen LogP contribution is -2.46. The van der Waals surface area contributed by atoms with E-state index in [1.54, 1.807) is 11.3 Å². The molecule has 94 valence electrons. The molecule has 0 spiro atoms. The molecule has 0 aromatic carbocycles. The SMILES string of the molecule is NC1(Cc2ccc(Cl)s2)CCCC(C2CC2)C1. The van der Waals surface area contributed by atoms with Crippen molar-refractivity contribution in [3.05, 3.63) is 21.3 Å². The first kappa shape index (κ1) is 12.0. The third kappa shape index (κ3) is 2.86. The summed E-state index contributed by atoms with van der Waals surface area (Å²) < 4.78 is 0.887. The Balaban J connectivity index is 1.67. The van der Waals surface area contributed by atoms with Crippen LogP contribution in [0.1, 0.15) is 43.4 Å². The van der Waals surface area contributed by atoms with Crippen molar-refractivity contribution in [3.63, 3.8) is 0 Å². The van der Waals surface area contributed by atoms with Crippen molar-refractivity contribution in [3.8, 4) is 0 Å². The zero-order valence-electron chi connectivity index (χ0n) is 10.1. The highest BCUT2D eigenvalue weighted by Gasteiger charge is 2.40. The minimum atomic E-state index is 0.0414. The van der Waals surface area contributed by atoms with Crippen LogP contribution < -0.4 is 5.73 Å². The van der Waals surface area contributed by atoms with Crippen LogP contribution in [0.4, 0.5) is 0 Å². The molecule has 1 aromatic rings. The number of rotatable bonds is 3. The maximum Gasteiger partial charge on any atom is 0.0931 e. The normalized spacial score (nSPS) is 33.9. The molecule has 0 saturated heterocycles. The van der Waals surface area contributed by atoms with Crippen LogP contribution in [-0.4, -0.2) is 5.54 Å². The fraction of sp³-hybridized carbons (Fsp3) is 0.714. The second-order valence-corrected chi connectivity index (χ2v) is 7.74. The molecule has 0 aliphatic heterocycles.